The van der Waals surface area contributed by atoms with E-state index in [4.69, 9.17) is 11.5 Å². The zero-order valence-corrected chi connectivity index (χ0v) is 21.6. The number of anilines is 1. The number of aromatic hydroxyl groups is 1. The summed E-state index contributed by atoms with van der Waals surface area (Å²) >= 11 is 0. The second-order valence-corrected chi connectivity index (χ2v) is 11.1. The molecule has 0 radical (unpaired) electrons. The molecular weight excluding hydrogens is 450 g/mol. The van der Waals surface area contributed by atoms with Gasteiger partial charge in [-0.15, -0.1) is 0 Å². The fourth-order valence-electron chi connectivity index (χ4n) is 7.05. The molecule has 7 nitrogen and oxygen atoms in total. The zero-order valence-electron chi connectivity index (χ0n) is 21.6. The van der Waals surface area contributed by atoms with E-state index < -0.39 is 11.0 Å². The number of phenols is 1. The number of phenolic OH excluding ortho intramolecular Hbond substituents is 1. The summed E-state index contributed by atoms with van der Waals surface area (Å²) in [6, 6.07) is 13.9. The Morgan fingerprint density at radius 3 is 2.50 bits per heavy atom. The summed E-state index contributed by atoms with van der Waals surface area (Å²) in [6.45, 7) is 6.44. The number of rotatable bonds is 8. The van der Waals surface area contributed by atoms with Crippen LogP contribution in [-0.2, 0) is 11.8 Å². The van der Waals surface area contributed by atoms with Gasteiger partial charge in [-0.2, -0.15) is 0 Å². The minimum Gasteiger partial charge on any atom is -0.508 e. The van der Waals surface area contributed by atoms with E-state index in [2.05, 4.69) is 35.1 Å². The standard InChI is InChI=1S/C29H41N5O2/c1-3-28-17-23(32-21-8-10-22(11-9-21)33-27(30)31)13-14-29(28,36)26(34(4-2)18-19-5-6-19)15-20-7-12-24(35)16-25(20)28/h7-12,16,19,23,26,32,35-36H,3-6,13-15,17-18H2,1-2H3,(H4,30,31,33)/t23-,26-,28-,29-/m1/s1. The number of aliphatic hydroxyl groups is 1. The van der Waals surface area contributed by atoms with Crippen molar-refractivity contribution in [2.75, 3.05) is 18.4 Å². The number of nitrogens with zero attached hydrogens (tertiary/aromatic N) is 2. The Kier molecular flexibility index (Phi) is 6.64. The van der Waals surface area contributed by atoms with E-state index in [1.165, 1.54) is 18.4 Å². The van der Waals surface area contributed by atoms with Gasteiger partial charge in [0.1, 0.15) is 5.75 Å². The van der Waals surface area contributed by atoms with Crippen molar-refractivity contribution in [3.05, 3.63) is 53.6 Å². The molecule has 0 aromatic heterocycles. The average molecular weight is 492 g/mol. The van der Waals surface area contributed by atoms with E-state index in [0.29, 0.717) is 0 Å². The molecule has 3 aliphatic rings. The Hall–Kier alpha value is -2.77. The van der Waals surface area contributed by atoms with Gasteiger partial charge in [-0.25, -0.2) is 4.99 Å². The van der Waals surface area contributed by atoms with Gasteiger partial charge in [0.2, 0.25) is 0 Å². The molecule has 2 fully saturated rings. The maximum atomic E-state index is 12.7. The van der Waals surface area contributed by atoms with Crippen LogP contribution in [0.3, 0.4) is 0 Å². The molecule has 5 rings (SSSR count). The third-order valence-electron chi connectivity index (χ3n) is 9.01. The van der Waals surface area contributed by atoms with Crippen molar-refractivity contribution in [1.82, 2.24) is 4.90 Å². The first-order valence-corrected chi connectivity index (χ1v) is 13.5. The molecular formula is C29H41N5O2. The Morgan fingerprint density at radius 2 is 1.86 bits per heavy atom. The Balaban J connectivity index is 1.48. The van der Waals surface area contributed by atoms with Gasteiger partial charge in [-0.1, -0.05) is 19.9 Å². The number of nitrogens with two attached hydrogens (primary N) is 2. The van der Waals surface area contributed by atoms with E-state index in [-0.39, 0.29) is 23.8 Å². The summed E-state index contributed by atoms with van der Waals surface area (Å²) in [7, 11) is 0. The second kappa shape index (κ2) is 9.60. The lowest BCUT2D eigenvalue weighted by Gasteiger charge is -2.61. The molecule has 0 heterocycles. The summed E-state index contributed by atoms with van der Waals surface area (Å²) in [6.07, 6.45) is 6.68. The van der Waals surface area contributed by atoms with Crippen LogP contribution >= 0.6 is 0 Å². The van der Waals surface area contributed by atoms with Crippen LogP contribution < -0.4 is 16.8 Å². The monoisotopic (exact) mass is 491 g/mol. The number of likely N-dealkylation sites (N-methyl/N-ethyl adjacent to an activating group) is 1. The van der Waals surface area contributed by atoms with Crippen molar-refractivity contribution >= 4 is 17.3 Å². The van der Waals surface area contributed by atoms with Crippen molar-refractivity contribution in [2.24, 2.45) is 22.4 Å². The van der Waals surface area contributed by atoms with Gasteiger partial charge in [0.05, 0.1) is 11.3 Å². The van der Waals surface area contributed by atoms with Crippen LogP contribution in [0.4, 0.5) is 11.4 Å². The van der Waals surface area contributed by atoms with Crippen molar-refractivity contribution in [3.8, 4) is 5.75 Å². The number of guanidine groups is 1. The van der Waals surface area contributed by atoms with Crippen molar-refractivity contribution in [1.29, 1.82) is 0 Å². The zero-order chi connectivity index (χ0) is 25.5. The van der Waals surface area contributed by atoms with Crippen molar-refractivity contribution < 1.29 is 10.2 Å². The molecule has 0 aliphatic heterocycles. The van der Waals surface area contributed by atoms with Gasteiger partial charge < -0.3 is 27.0 Å². The quantitative estimate of drug-likeness (QED) is 0.281. The highest BCUT2D eigenvalue weighted by Crippen LogP contribution is 2.56. The maximum absolute atomic E-state index is 12.7. The van der Waals surface area contributed by atoms with Gasteiger partial charge in [0, 0.05) is 29.7 Å². The molecule has 7 heteroatoms. The molecule has 3 aliphatic carbocycles. The van der Waals surface area contributed by atoms with E-state index in [1.54, 1.807) is 6.07 Å². The highest BCUT2D eigenvalue weighted by atomic mass is 16.3. The molecule has 2 aromatic rings. The van der Waals surface area contributed by atoms with Crippen LogP contribution in [-0.4, -0.2) is 51.8 Å². The first-order valence-electron chi connectivity index (χ1n) is 13.5. The summed E-state index contributed by atoms with van der Waals surface area (Å²) in [5.41, 5.74) is 13.9. The number of aliphatic imine (C=N–C) groups is 1. The predicted molar refractivity (Wildman–Crippen MR) is 146 cm³/mol. The third-order valence-corrected chi connectivity index (χ3v) is 9.01. The predicted octanol–water partition coefficient (Wildman–Crippen LogP) is 4.00. The Bertz CT molecular complexity index is 1110. The topological polar surface area (TPSA) is 120 Å². The fraction of sp³-hybridized carbons (Fsp3) is 0.552. The summed E-state index contributed by atoms with van der Waals surface area (Å²) in [5, 5.41) is 26.9. The normalized spacial score (nSPS) is 29.3. The molecule has 0 unspecified atom stereocenters. The number of fused-ring (bicyclic) bond motifs is 3. The van der Waals surface area contributed by atoms with Crippen LogP contribution in [0.25, 0.3) is 0 Å². The SMILES string of the molecule is CCN(CC1CC1)[C@@H]1Cc2ccc(O)cc2[C@@]2(CC)C[C@H](Nc3ccc(N=C(N)N)cc3)CC[C@@]12O. The lowest BCUT2D eigenvalue weighted by molar-refractivity contribution is -0.139. The van der Waals surface area contributed by atoms with Gasteiger partial charge in [0.15, 0.2) is 5.96 Å². The summed E-state index contributed by atoms with van der Waals surface area (Å²) < 4.78 is 0. The number of hydrogen-bond donors (Lipinski definition) is 5. The van der Waals surface area contributed by atoms with Gasteiger partial charge in [-0.3, -0.25) is 4.90 Å². The molecule has 7 N–H and O–H groups in total. The van der Waals surface area contributed by atoms with Crippen molar-refractivity contribution in [3.63, 3.8) is 0 Å². The minimum absolute atomic E-state index is 0.0451. The van der Waals surface area contributed by atoms with Crippen LogP contribution in [0.2, 0.25) is 0 Å². The van der Waals surface area contributed by atoms with Crippen molar-refractivity contribution in [2.45, 2.75) is 81.9 Å². The van der Waals surface area contributed by atoms with Crippen LogP contribution in [0, 0.1) is 5.92 Å². The first kappa shape index (κ1) is 24.9. The number of hydrogen-bond acceptors (Lipinski definition) is 5. The lowest BCUT2D eigenvalue weighted by atomic mass is 9.50. The fourth-order valence-corrected chi connectivity index (χ4v) is 7.05. The second-order valence-electron chi connectivity index (χ2n) is 11.1. The number of benzene rings is 2. The highest BCUT2D eigenvalue weighted by Gasteiger charge is 2.61. The molecule has 0 spiro atoms. The van der Waals surface area contributed by atoms with E-state index in [9.17, 15) is 10.2 Å². The minimum atomic E-state index is -0.844. The van der Waals surface area contributed by atoms with Gasteiger partial charge in [-0.05, 0) is 105 Å². The molecule has 4 atom stereocenters. The first-order chi connectivity index (χ1) is 17.3. The molecule has 0 bridgehead atoms. The highest BCUT2D eigenvalue weighted by molar-refractivity contribution is 5.79. The van der Waals surface area contributed by atoms with E-state index in [1.807, 2.05) is 30.3 Å². The smallest absolute Gasteiger partial charge is 0.191 e. The Labute approximate surface area is 214 Å². The third kappa shape index (κ3) is 4.43. The molecule has 194 valence electrons. The molecule has 0 saturated heterocycles. The van der Waals surface area contributed by atoms with E-state index >= 15 is 0 Å². The van der Waals surface area contributed by atoms with Crippen LogP contribution in [0.5, 0.6) is 5.75 Å². The Morgan fingerprint density at radius 1 is 1.11 bits per heavy atom. The number of nitrogens with one attached hydrogen (secondary N) is 1. The average Bonchev–Trinajstić information content (AvgIpc) is 3.68. The largest absolute Gasteiger partial charge is 0.508 e. The van der Waals surface area contributed by atoms with E-state index in [0.717, 1.165) is 68.0 Å². The molecule has 2 saturated carbocycles. The summed E-state index contributed by atoms with van der Waals surface area (Å²) in [5.74, 6) is 1.09. The molecule has 0 amide bonds. The van der Waals surface area contributed by atoms with Crippen LogP contribution in [0.1, 0.15) is 63.5 Å². The van der Waals surface area contributed by atoms with Gasteiger partial charge >= 0.3 is 0 Å². The molecule has 2 aromatic carbocycles. The molecule has 36 heavy (non-hydrogen) atoms. The summed E-state index contributed by atoms with van der Waals surface area (Å²) in [4.78, 5) is 6.66. The van der Waals surface area contributed by atoms with Gasteiger partial charge in [0.25, 0.3) is 0 Å². The van der Waals surface area contributed by atoms with Crippen LogP contribution in [0.15, 0.2) is 47.5 Å². The maximum Gasteiger partial charge on any atom is 0.191 e. The lowest BCUT2D eigenvalue weighted by Crippen LogP contribution is -2.70.